The molecule has 1 fully saturated rings. The molecule has 3 rings (SSSR count). The van der Waals surface area contributed by atoms with Crippen LogP contribution in [0.3, 0.4) is 0 Å². The largest absolute Gasteiger partial charge is 0.323 e. The van der Waals surface area contributed by atoms with Crippen LogP contribution in [0, 0.1) is 17.1 Å². The Morgan fingerprint density at radius 2 is 1.79 bits per heavy atom. The molecule has 29 heavy (non-hydrogen) atoms. The van der Waals surface area contributed by atoms with E-state index in [0.717, 1.165) is 17.0 Å². The first-order valence-corrected chi connectivity index (χ1v) is 10.7. The van der Waals surface area contributed by atoms with Gasteiger partial charge in [0.05, 0.1) is 42.3 Å². The fourth-order valence-electron chi connectivity index (χ4n) is 3.32. The van der Waals surface area contributed by atoms with Crippen LogP contribution in [0.15, 0.2) is 53.4 Å². The number of carbonyl (C=O) groups excluding carboxylic acids is 1. The number of amides is 1. The summed E-state index contributed by atoms with van der Waals surface area (Å²) in [5.74, 6) is -0.714. The van der Waals surface area contributed by atoms with Gasteiger partial charge in [-0.15, -0.1) is 0 Å². The van der Waals surface area contributed by atoms with Crippen LogP contribution in [0.1, 0.15) is 12.5 Å². The van der Waals surface area contributed by atoms with Crippen molar-refractivity contribution in [3.8, 4) is 6.07 Å². The normalized spacial score (nSPS) is 16.7. The molecule has 0 aliphatic carbocycles. The standard InChI is InChI=1S/C20H21FN4O3S/c1-15(20(26)23-19-5-3-2-4-16(19)14-22)24-10-12-25(13-11-24)29(27,28)18-8-6-17(21)7-9-18/h2-9,15H,10-13H2,1H3,(H,23,26)/p+1/t15-/m1/s1. The van der Waals surface area contributed by atoms with E-state index >= 15 is 0 Å². The van der Waals surface area contributed by atoms with E-state index in [1.165, 1.54) is 16.4 Å². The third kappa shape index (κ3) is 4.62. The average Bonchev–Trinajstić information content (AvgIpc) is 2.74. The van der Waals surface area contributed by atoms with Gasteiger partial charge >= 0.3 is 0 Å². The number of hydrogen-bond acceptors (Lipinski definition) is 4. The topological polar surface area (TPSA) is 94.7 Å². The molecule has 152 valence electrons. The smallest absolute Gasteiger partial charge is 0.282 e. The third-order valence-electron chi connectivity index (χ3n) is 5.13. The summed E-state index contributed by atoms with van der Waals surface area (Å²) in [4.78, 5) is 13.6. The number of halogens is 1. The van der Waals surface area contributed by atoms with Crippen LogP contribution in [0.4, 0.5) is 10.1 Å². The van der Waals surface area contributed by atoms with E-state index in [9.17, 15) is 17.6 Å². The zero-order valence-electron chi connectivity index (χ0n) is 15.9. The number of nitrogens with zero attached hydrogens (tertiary/aromatic N) is 2. The predicted octanol–water partition coefficient (Wildman–Crippen LogP) is 0.614. The van der Waals surface area contributed by atoms with E-state index in [4.69, 9.17) is 5.26 Å². The monoisotopic (exact) mass is 417 g/mol. The minimum Gasteiger partial charge on any atom is -0.323 e. The number of nitriles is 1. The van der Waals surface area contributed by atoms with Gasteiger partial charge in [0.1, 0.15) is 11.9 Å². The summed E-state index contributed by atoms with van der Waals surface area (Å²) in [5.41, 5.74) is 0.849. The minimum absolute atomic E-state index is 0.0567. The van der Waals surface area contributed by atoms with E-state index < -0.39 is 21.9 Å². The number of rotatable bonds is 5. The van der Waals surface area contributed by atoms with Crippen LogP contribution in [0.2, 0.25) is 0 Å². The van der Waals surface area contributed by atoms with Gasteiger partial charge in [0, 0.05) is 0 Å². The van der Waals surface area contributed by atoms with Gasteiger partial charge in [-0.25, -0.2) is 12.8 Å². The average molecular weight is 417 g/mol. The molecular formula is C20H22FN4O3S+. The lowest BCUT2D eigenvalue weighted by molar-refractivity contribution is -0.917. The number of para-hydroxylation sites is 1. The van der Waals surface area contributed by atoms with Crippen molar-refractivity contribution in [2.75, 3.05) is 31.5 Å². The molecule has 7 nitrogen and oxygen atoms in total. The Kier molecular flexibility index (Phi) is 6.27. The second kappa shape index (κ2) is 8.69. The molecule has 0 radical (unpaired) electrons. The highest BCUT2D eigenvalue weighted by Crippen LogP contribution is 2.16. The third-order valence-corrected chi connectivity index (χ3v) is 7.04. The van der Waals surface area contributed by atoms with Gasteiger partial charge in [0.15, 0.2) is 6.04 Å². The number of anilines is 1. The van der Waals surface area contributed by atoms with E-state index in [-0.39, 0.29) is 23.9 Å². The van der Waals surface area contributed by atoms with Crippen LogP contribution in [0.25, 0.3) is 0 Å². The minimum atomic E-state index is -3.69. The van der Waals surface area contributed by atoms with Gasteiger partial charge in [-0.1, -0.05) is 12.1 Å². The van der Waals surface area contributed by atoms with Crippen molar-refractivity contribution in [2.24, 2.45) is 0 Å². The second-order valence-corrected chi connectivity index (χ2v) is 8.82. The van der Waals surface area contributed by atoms with E-state index in [0.29, 0.717) is 24.3 Å². The number of benzene rings is 2. The highest BCUT2D eigenvalue weighted by atomic mass is 32.2. The molecule has 0 unspecified atom stereocenters. The zero-order valence-corrected chi connectivity index (χ0v) is 16.7. The van der Waals surface area contributed by atoms with Gasteiger partial charge in [0.2, 0.25) is 10.0 Å². The lowest BCUT2D eigenvalue weighted by atomic mass is 10.1. The van der Waals surface area contributed by atoms with Gasteiger partial charge in [-0.2, -0.15) is 9.57 Å². The quantitative estimate of drug-likeness (QED) is 0.746. The number of carbonyl (C=O) groups is 1. The van der Waals surface area contributed by atoms with Crippen LogP contribution in [-0.4, -0.2) is 50.9 Å². The van der Waals surface area contributed by atoms with Crippen LogP contribution in [0.5, 0.6) is 0 Å². The first-order chi connectivity index (χ1) is 13.8. The molecule has 2 aromatic carbocycles. The molecule has 0 saturated carbocycles. The summed E-state index contributed by atoms with van der Waals surface area (Å²) in [5, 5.41) is 11.9. The molecule has 1 atom stereocenters. The van der Waals surface area contributed by atoms with Gasteiger partial charge in [-0.3, -0.25) is 4.79 Å². The number of quaternary nitrogens is 1. The Morgan fingerprint density at radius 1 is 1.17 bits per heavy atom. The van der Waals surface area contributed by atoms with Gasteiger partial charge < -0.3 is 10.2 Å². The molecule has 1 aliphatic heterocycles. The maximum absolute atomic E-state index is 13.1. The fraction of sp³-hybridized carbons (Fsp3) is 0.300. The van der Waals surface area contributed by atoms with E-state index in [1.807, 2.05) is 6.07 Å². The first kappa shape index (κ1) is 20.9. The summed E-state index contributed by atoms with van der Waals surface area (Å²) in [7, 11) is -3.69. The predicted molar refractivity (Wildman–Crippen MR) is 105 cm³/mol. The van der Waals surface area contributed by atoms with Crippen molar-refractivity contribution in [1.82, 2.24) is 4.31 Å². The molecule has 1 saturated heterocycles. The molecule has 1 heterocycles. The maximum Gasteiger partial charge on any atom is 0.282 e. The number of sulfonamides is 1. The molecule has 1 aliphatic rings. The van der Waals surface area contributed by atoms with Crippen molar-refractivity contribution in [3.05, 3.63) is 59.9 Å². The first-order valence-electron chi connectivity index (χ1n) is 9.23. The van der Waals surface area contributed by atoms with Crippen molar-refractivity contribution < 1.29 is 22.5 Å². The van der Waals surface area contributed by atoms with Crippen LogP contribution in [-0.2, 0) is 14.8 Å². The Bertz CT molecular complexity index is 1030. The van der Waals surface area contributed by atoms with Crippen molar-refractivity contribution in [1.29, 1.82) is 5.26 Å². The molecular weight excluding hydrogens is 395 g/mol. The number of nitrogens with one attached hydrogen (secondary N) is 2. The SMILES string of the molecule is C[C@H](C(=O)Nc1ccccc1C#N)[NH+]1CCN(S(=O)(=O)c2ccc(F)cc2)CC1. The van der Waals surface area contributed by atoms with Gasteiger partial charge in [0.25, 0.3) is 5.91 Å². The van der Waals surface area contributed by atoms with Crippen molar-refractivity contribution in [3.63, 3.8) is 0 Å². The molecule has 2 aromatic rings. The molecule has 0 spiro atoms. The Balaban J connectivity index is 1.62. The molecule has 0 bridgehead atoms. The second-order valence-electron chi connectivity index (χ2n) is 6.88. The molecule has 0 aromatic heterocycles. The number of hydrogen-bond donors (Lipinski definition) is 2. The summed E-state index contributed by atoms with van der Waals surface area (Å²) >= 11 is 0. The Labute approximate surface area is 169 Å². The Hall–Kier alpha value is -2.80. The maximum atomic E-state index is 13.1. The summed E-state index contributed by atoms with van der Waals surface area (Å²) in [6.45, 7) is 3.25. The molecule has 1 amide bonds. The lowest BCUT2D eigenvalue weighted by Crippen LogP contribution is -3.19. The van der Waals surface area contributed by atoms with Crippen LogP contribution >= 0.6 is 0 Å². The Morgan fingerprint density at radius 3 is 2.41 bits per heavy atom. The van der Waals surface area contributed by atoms with E-state index in [1.54, 1.807) is 31.2 Å². The van der Waals surface area contributed by atoms with E-state index in [2.05, 4.69) is 5.32 Å². The highest BCUT2D eigenvalue weighted by molar-refractivity contribution is 7.89. The summed E-state index contributed by atoms with van der Waals surface area (Å²) in [6, 6.07) is 13.2. The lowest BCUT2D eigenvalue weighted by Gasteiger charge is -2.34. The highest BCUT2D eigenvalue weighted by Gasteiger charge is 2.34. The molecule has 9 heteroatoms. The fourth-order valence-corrected chi connectivity index (χ4v) is 4.76. The number of piperazine rings is 1. The van der Waals surface area contributed by atoms with Gasteiger partial charge in [-0.05, 0) is 43.3 Å². The van der Waals surface area contributed by atoms with Crippen molar-refractivity contribution in [2.45, 2.75) is 17.9 Å². The zero-order chi connectivity index (χ0) is 21.0. The molecule has 2 N–H and O–H groups in total. The van der Waals surface area contributed by atoms with Crippen LogP contribution < -0.4 is 10.2 Å². The van der Waals surface area contributed by atoms with Crippen molar-refractivity contribution >= 4 is 21.6 Å². The summed E-state index contributed by atoms with van der Waals surface area (Å²) in [6.07, 6.45) is 0. The summed E-state index contributed by atoms with van der Waals surface area (Å²) < 4.78 is 39.8.